The van der Waals surface area contributed by atoms with Crippen LogP contribution in [-0.4, -0.2) is 19.1 Å². The summed E-state index contributed by atoms with van der Waals surface area (Å²) in [7, 11) is 1.59. The second-order valence-electron chi connectivity index (χ2n) is 7.77. The lowest BCUT2D eigenvalue weighted by atomic mass is 9.86. The third-order valence-electron chi connectivity index (χ3n) is 4.64. The van der Waals surface area contributed by atoms with Crippen LogP contribution >= 0.6 is 0 Å². The molecule has 1 N–H and O–H groups in total. The first-order valence-corrected chi connectivity index (χ1v) is 9.46. The highest BCUT2D eigenvalue weighted by atomic mass is 16.5. The van der Waals surface area contributed by atoms with Gasteiger partial charge in [0.25, 0.3) is 5.91 Å². The van der Waals surface area contributed by atoms with E-state index in [0.29, 0.717) is 17.9 Å². The zero-order valence-electron chi connectivity index (χ0n) is 17.2. The van der Waals surface area contributed by atoms with Gasteiger partial charge in [0, 0.05) is 0 Å². The number of para-hydroxylation sites is 2. The summed E-state index contributed by atoms with van der Waals surface area (Å²) in [6.45, 7) is 10.5. The van der Waals surface area contributed by atoms with Crippen molar-refractivity contribution in [1.29, 1.82) is 0 Å². The fourth-order valence-electron chi connectivity index (χ4n) is 2.85. The van der Waals surface area contributed by atoms with E-state index < -0.39 is 6.10 Å². The monoisotopic (exact) mass is 369 g/mol. The molecule has 0 heterocycles. The Morgan fingerprint density at radius 1 is 1.04 bits per heavy atom. The lowest BCUT2D eigenvalue weighted by molar-refractivity contribution is -0.128. The maximum Gasteiger partial charge on any atom is 0.261 e. The van der Waals surface area contributed by atoms with Gasteiger partial charge in [-0.25, -0.2) is 0 Å². The van der Waals surface area contributed by atoms with Crippen molar-refractivity contribution in [3.8, 4) is 11.5 Å². The predicted molar refractivity (Wildman–Crippen MR) is 109 cm³/mol. The topological polar surface area (TPSA) is 47.6 Å². The minimum Gasteiger partial charge on any atom is -0.493 e. The average molecular weight is 370 g/mol. The van der Waals surface area contributed by atoms with Crippen molar-refractivity contribution >= 4 is 5.91 Å². The number of amides is 1. The van der Waals surface area contributed by atoms with Crippen molar-refractivity contribution in [1.82, 2.24) is 5.32 Å². The smallest absolute Gasteiger partial charge is 0.261 e. The first-order valence-electron chi connectivity index (χ1n) is 9.46. The largest absolute Gasteiger partial charge is 0.493 e. The second kappa shape index (κ2) is 8.94. The van der Waals surface area contributed by atoms with Crippen molar-refractivity contribution < 1.29 is 14.3 Å². The quantitative estimate of drug-likeness (QED) is 0.745. The lowest BCUT2D eigenvalue weighted by Gasteiger charge is -2.23. The van der Waals surface area contributed by atoms with E-state index in [1.54, 1.807) is 7.11 Å². The molecule has 2 rings (SSSR count). The first kappa shape index (κ1) is 20.8. The van der Waals surface area contributed by atoms with E-state index in [2.05, 4.69) is 50.4 Å². The number of benzene rings is 2. The molecule has 2 atom stereocenters. The van der Waals surface area contributed by atoms with Crippen molar-refractivity contribution in [2.45, 2.75) is 58.6 Å². The van der Waals surface area contributed by atoms with E-state index in [-0.39, 0.29) is 17.4 Å². The van der Waals surface area contributed by atoms with Gasteiger partial charge in [0.2, 0.25) is 0 Å². The molecule has 2 aromatic carbocycles. The van der Waals surface area contributed by atoms with Crippen LogP contribution in [0.25, 0.3) is 0 Å². The third kappa shape index (κ3) is 5.49. The van der Waals surface area contributed by atoms with Crippen LogP contribution in [0.2, 0.25) is 0 Å². The fourth-order valence-corrected chi connectivity index (χ4v) is 2.85. The maximum absolute atomic E-state index is 12.7. The number of nitrogens with one attached hydrogen (secondary N) is 1. The van der Waals surface area contributed by atoms with Crippen LogP contribution in [0.1, 0.15) is 58.2 Å². The molecule has 0 saturated heterocycles. The minimum absolute atomic E-state index is 0.0955. The molecule has 0 radical (unpaired) electrons. The maximum atomic E-state index is 12.7. The number of carbonyl (C=O) groups excluding carboxylic acids is 1. The average Bonchev–Trinajstić information content (AvgIpc) is 2.65. The summed E-state index contributed by atoms with van der Waals surface area (Å²) < 4.78 is 11.2. The first-order chi connectivity index (χ1) is 12.8. The number of rotatable bonds is 7. The normalized spacial score (nSPS) is 13.6. The van der Waals surface area contributed by atoms with Gasteiger partial charge in [-0.1, -0.05) is 64.1 Å². The van der Waals surface area contributed by atoms with Gasteiger partial charge in [-0.15, -0.1) is 0 Å². The molecule has 4 heteroatoms. The lowest BCUT2D eigenvalue weighted by Crippen LogP contribution is -2.39. The summed E-state index contributed by atoms with van der Waals surface area (Å²) in [4.78, 5) is 12.7. The predicted octanol–water partition coefficient (Wildman–Crippen LogP) is 5.03. The number of carbonyl (C=O) groups is 1. The highest BCUT2D eigenvalue weighted by Gasteiger charge is 2.22. The van der Waals surface area contributed by atoms with Gasteiger partial charge in [-0.2, -0.15) is 0 Å². The molecule has 0 fully saturated rings. The Morgan fingerprint density at radius 3 is 2.15 bits per heavy atom. The summed E-state index contributed by atoms with van der Waals surface area (Å²) in [6, 6.07) is 15.7. The van der Waals surface area contributed by atoms with Gasteiger partial charge in [0.1, 0.15) is 0 Å². The zero-order chi connectivity index (χ0) is 20.0. The van der Waals surface area contributed by atoms with Crippen molar-refractivity contribution in [2.75, 3.05) is 7.11 Å². The molecule has 0 bridgehead atoms. The van der Waals surface area contributed by atoms with Crippen LogP contribution < -0.4 is 14.8 Å². The van der Waals surface area contributed by atoms with Crippen LogP contribution in [-0.2, 0) is 10.2 Å². The van der Waals surface area contributed by atoms with E-state index in [4.69, 9.17) is 9.47 Å². The summed E-state index contributed by atoms with van der Waals surface area (Å²) in [5, 5.41) is 3.06. The van der Waals surface area contributed by atoms with Gasteiger partial charge in [0.05, 0.1) is 13.2 Å². The van der Waals surface area contributed by atoms with Crippen LogP contribution in [0.15, 0.2) is 48.5 Å². The number of methoxy groups -OCH3 is 1. The highest BCUT2D eigenvalue weighted by molar-refractivity contribution is 5.81. The second-order valence-corrected chi connectivity index (χ2v) is 7.77. The minimum atomic E-state index is -0.572. The molecular formula is C23H31NO3. The summed E-state index contributed by atoms with van der Waals surface area (Å²) in [5.41, 5.74) is 2.46. The van der Waals surface area contributed by atoms with Crippen LogP contribution in [0.5, 0.6) is 11.5 Å². The Labute approximate surface area is 162 Å². The molecule has 1 amide bonds. The van der Waals surface area contributed by atoms with Gasteiger partial charge in [-0.3, -0.25) is 4.79 Å². The fraction of sp³-hybridized carbons (Fsp3) is 0.435. The Morgan fingerprint density at radius 2 is 1.63 bits per heavy atom. The van der Waals surface area contributed by atoms with E-state index >= 15 is 0 Å². The molecule has 0 aliphatic heterocycles. The molecule has 2 aromatic rings. The molecule has 0 saturated carbocycles. The van der Waals surface area contributed by atoms with Gasteiger partial charge < -0.3 is 14.8 Å². The number of hydrogen-bond donors (Lipinski definition) is 1. The molecule has 0 aliphatic carbocycles. The highest BCUT2D eigenvalue weighted by Crippen LogP contribution is 2.28. The van der Waals surface area contributed by atoms with Crippen LogP contribution in [0.4, 0.5) is 0 Å². The Bertz CT molecular complexity index is 747. The molecule has 27 heavy (non-hydrogen) atoms. The SMILES string of the molecule is CCC(Oc1ccccc1OC)C(=O)NC(C)c1ccc(C(C)(C)C)cc1. The van der Waals surface area contributed by atoms with E-state index in [9.17, 15) is 4.79 Å². The Hall–Kier alpha value is -2.49. The molecule has 2 unspecified atom stereocenters. The van der Waals surface area contributed by atoms with Crippen LogP contribution in [0, 0.1) is 0 Å². The number of ether oxygens (including phenoxy) is 2. The third-order valence-corrected chi connectivity index (χ3v) is 4.64. The van der Waals surface area contributed by atoms with Gasteiger partial charge in [0.15, 0.2) is 17.6 Å². The summed E-state index contributed by atoms with van der Waals surface area (Å²) >= 11 is 0. The molecule has 4 nitrogen and oxygen atoms in total. The zero-order valence-corrected chi connectivity index (χ0v) is 17.2. The van der Waals surface area contributed by atoms with Gasteiger partial charge in [-0.05, 0) is 42.0 Å². The van der Waals surface area contributed by atoms with Crippen molar-refractivity contribution in [3.05, 3.63) is 59.7 Å². The number of hydrogen-bond acceptors (Lipinski definition) is 3. The molecule has 0 aliphatic rings. The molecule has 0 spiro atoms. The molecule has 0 aromatic heterocycles. The summed E-state index contributed by atoms with van der Waals surface area (Å²) in [5.74, 6) is 1.06. The Balaban J connectivity index is 2.05. The standard InChI is InChI=1S/C23H31NO3/c1-7-19(27-21-11-9-8-10-20(21)26-6)22(25)24-16(2)17-12-14-18(15-13-17)23(3,4)5/h8-16,19H,7H2,1-6H3,(H,24,25). The van der Waals surface area contributed by atoms with Crippen LogP contribution in [0.3, 0.4) is 0 Å². The Kier molecular flexibility index (Phi) is 6.89. The van der Waals surface area contributed by atoms with Crippen molar-refractivity contribution in [2.24, 2.45) is 0 Å². The van der Waals surface area contributed by atoms with Gasteiger partial charge >= 0.3 is 0 Å². The van der Waals surface area contributed by atoms with E-state index in [0.717, 1.165) is 5.56 Å². The summed E-state index contributed by atoms with van der Waals surface area (Å²) in [6.07, 6.45) is -0.00266. The molecular weight excluding hydrogens is 338 g/mol. The molecule has 146 valence electrons. The van der Waals surface area contributed by atoms with E-state index in [1.807, 2.05) is 38.1 Å². The van der Waals surface area contributed by atoms with E-state index in [1.165, 1.54) is 5.56 Å². The van der Waals surface area contributed by atoms with Crippen molar-refractivity contribution in [3.63, 3.8) is 0 Å².